The van der Waals surface area contributed by atoms with Gasteiger partial charge in [0.05, 0.1) is 18.1 Å². The molecule has 0 bridgehead atoms. The van der Waals surface area contributed by atoms with Gasteiger partial charge in [0.25, 0.3) is 5.91 Å². The fraction of sp³-hybridized carbons (Fsp3) is 0.179. The highest BCUT2D eigenvalue weighted by Gasteiger charge is 2.20. The van der Waals surface area contributed by atoms with Gasteiger partial charge in [0.2, 0.25) is 5.91 Å². The van der Waals surface area contributed by atoms with Crippen LogP contribution < -0.4 is 15.4 Å². The molecule has 0 spiro atoms. The molecule has 4 aromatic rings. The van der Waals surface area contributed by atoms with Gasteiger partial charge in [0.15, 0.2) is 5.13 Å². The van der Waals surface area contributed by atoms with Crippen molar-refractivity contribution < 1.29 is 14.3 Å². The smallest absolute Gasteiger partial charge is 0.255 e. The summed E-state index contributed by atoms with van der Waals surface area (Å²) in [5, 5.41) is 8.05. The zero-order valence-electron chi connectivity index (χ0n) is 20.3. The first-order valence-electron chi connectivity index (χ1n) is 11.5. The minimum Gasteiger partial charge on any atom is -0.497 e. The van der Waals surface area contributed by atoms with Crippen molar-refractivity contribution in [2.75, 3.05) is 17.7 Å². The zero-order chi connectivity index (χ0) is 25.5. The molecule has 8 heteroatoms. The summed E-state index contributed by atoms with van der Waals surface area (Å²) in [7, 11) is 1.63. The molecule has 36 heavy (non-hydrogen) atoms. The quantitative estimate of drug-likeness (QED) is 0.236. The summed E-state index contributed by atoms with van der Waals surface area (Å²) in [5.41, 5.74) is 4.03. The van der Waals surface area contributed by atoms with E-state index in [0.29, 0.717) is 22.8 Å². The van der Waals surface area contributed by atoms with E-state index in [4.69, 9.17) is 4.74 Å². The maximum Gasteiger partial charge on any atom is 0.255 e. The average Bonchev–Trinajstić information content (AvgIpc) is 3.36. The molecule has 0 saturated heterocycles. The third kappa shape index (κ3) is 6.53. The Bertz CT molecular complexity index is 1370. The lowest BCUT2D eigenvalue weighted by atomic mass is 10.1. The van der Waals surface area contributed by atoms with Crippen LogP contribution in [-0.2, 0) is 4.79 Å². The number of benzene rings is 3. The van der Waals surface area contributed by atoms with Gasteiger partial charge in [-0.25, -0.2) is 4.98 Å². The fourth-order valence-electron chi connectivity index (χ4n) is 3.56. The van der Waals surface area contributed by atoms with Crippen LogP contribution in [0.3, 0.4) is 0 Å². The number of carbonyl (C=O) groups is 2. The molecule has 0 saturated carbocycles. The molecular weight excluding hydrogens is 490 g/mol. The molecule has 1 heterocycles. The predicted molar refractivity (Wildman–Crippen MR) is 148 cm³/mol. The number of hydrogen-bond donors (Lipinski definition) is 2. The summed E-state index contributed by atoms with van der Waals surface area (Å²) >= 11 is 2.85. The van der Waals surface area contributed by atoms with E-state index in [-0.39, 0.29) is 17.1 Å². The highest BCUT2D eigenvalue weighted by Crippen LogP contribution is 2.31. The number of aromatic nitrogens is 1. The third-order valence-corrected chi connectivity index (χ3v) is 7.53. The van der Waals surface area contributed by atoms with Crippen LogP contribution in [-0.4, -0.2) is 29.2 Å². The maximum absolute atomic E-state index is 13.0. The average molecular weight is 518 g/mol. The molecule has 0 radical (unpaired) electrons. The summed E-state index contributed by atoms with van der Waals surface area (Å²) in [6, 6.07) is 22.7. The Balaban J connectivity index is 1.40. The van der Waals surface area contributed by atoms with Crippen molar-refractivity contribution in [1.82, 2.24) is 4.98 Å². The number of aryl methyl sites for hydroxylation is 1. The summed E-state index contributed by atoms with van der Waals surface area (Å²) < 4.78 is 5.29. The van der Waals surface area contributed by atoms with E-state index in [1.54, 1.807) is 13.2 Å². The molecule has 0 aliphatic carbocycles. The number of anilines is 2. The van der Waals surface area contributed by atoms with Crippen molar-refractivity contribution in [3.63, 3.8) is 0 Å². The number of thiazole rings is 1. The molecule has 1 unspecified atom stereocenters. The summed E-state index contributed by atoms with van der Waals surface area (Å²) in [6.45, 7) is 3.93. The molecule has 1 aromatic heterocycles. The maximum atomic E-state index is 13.0. The predicted octanol–water partition coefficient (Wildman–Crippen LogP) is 6.89. The van der Waals surface area contributed by atoms with Crippen molar-refractivity contribution in [3.8, 4) is 17.0 Å². The van der Waals surface area contributed by atoms with Crippen LogP contribution in [0.15, 0.2) is 83.1 Å². The number of methoxy groups -OCH3 is 1. The SMILES string of the molecule is CCC(Sc1cccc(NC(=O)c2cccc(C)c2)c1)C(=O)Nc1nc(-c2cccc(OC)c2)cs1. The Labute approximate surface area is 219 Å². The molecule has 0 aliphatic rings. The van der Waals surface area contributed by atoms with E-state index < -0.39 is 0 Å². The molecule has 0 aliphatic heterocycles. The second-order valence-corrected chi connectivity index (χ2v) is 10.3. The number of ether oxygens (including phenoxy) is 1. The Morgan fingerprint density at radius 2 is 1.83 bits per heavy atom. The van der Waals surface area contributed by atoms with Crippen LogP contribution in [0.4, 0.5) is 10.8 Å². The topological polar surface area (TPSA) is 80.3 Å². The zero-order valence-corrected chi connectivity index (χ0v) is 21.9. The second-order valence-electron chi connectivity index (χ2n) is 8.13. The van der Waals surface area contributed by atoms with Crippen LogP contribution in [0.25, 0.3) is 11.3 Å². The summed E-state index contributed by atoms with van der Waals surface area (Å²) in [5.74, 6) is 0.482. The van der Waals surface area contributed by atoms with Crippen LogP contribution in [0.5, 0.6) is 5.75 Å². The van der Waals surface area contributed by atoms with Crippen molar-refractivity contribution in [3.05, 3.63) is 89.3 Å². The second kappa shape index (κ2) is 11.9. The standard InChI is InChI=1S/C28H27N3O3S2/c1-4-25(27(33)31-28-30-24(17-35-28)19-9-6-12-22(15-19)34-3)36-23-13-7-11-21(16-23)29-26(32)20-10-5-8-18(2)14-20/h5-17,25H,4H2,1-3H3,(H,29,32)(H,30,31,33). The molecule has 184 valence electrons. The summed E-state index contributed by atoms with van der Waals surface area (Å²) in [4.78, 5) is 31.1. The van der Waals surface area contributed by atoms with Crippen LogP contribution >= 0.6 is 23.1 Å². The molecule has 6 nitrogen and oxygen atoms in total. The number of hydrogen-bond acceptors (Lipinski definition) is 6. The van der Waals surface area contributed by atoms with Gasteiger partial charge in [-0.05, 0) is 55.8 Å². The van der Waals surface area contributed by atoms with Gasteiger partial charge in [-0.15, -0.1) is 23.1 Å². The van der Waals surface area contributed by atoms with Crippen LogP contribution in [0.2, 0.25) is 0 Å². The number of amides is 2. The number of nitrogens with zero attached hydrogens (tertiary/aromatic N) is 1. The Morgan fingerprint density at radius 3 is 2.61 bits per heavy atom. The lowest BCUT2D eigenvalue weighted by Gasteiger charge is -2.14. The van der Waals surface area contributed by atoms with Crippen molar-refractivity contribution >= 4 is 45.7 Å². The molecular formula is C28H27N3O3S2. The van der Waals surface area contributed by atoms with E-state index in [2.05, 4.69) is 15.6 Å². The van der Waals surface area contributed by atoms with E-state index >= 15 is 0 Å². The minimum atomic E-state index is -0.308. The lowest BCUT2D eigenvalue weighted by Crippen LogP contribution is -2.24. The number of nitrogens with one attached hydrogen (secondary N) is 2. The highest BCUT2D eigenvalue weighted by molar-refractivity contribution is 8.00. The fourth-order valence-corrected chi connectivity index (χ4v) is 5.29. The van der Waals surface area contributed by atoms with E-state index in [9.17, 15) is 9.59 Å². The van der Waals surface area contributed by atoms with Crippen LogP contribution in [0, 0.1) is 6.92 Å². The number of thioether (sulfide) groups is 1. The van der Waals surface area contributed by atoms with Gasteiger partial charge < -0.3 is 15.4 Å². The lowest BCUT2D eigenvalue weighted by molar-refractivity contribution is -0.115. The van der Waals surface area contributed by atoms with Gasteiger partial charge in [-0.1, -0.05) is 42.8 Å². The normalized spacial score (nSPS) is 11.5. The monoisotopic (exact) mass is 517 g/mol. The molecule has 0 fully saturated rings. The van der Waals surface area contributed by atoms with Crippen molar-refractivity contribution in [2.24, 2.45) is 0 Å². The summed E-state index contributed by atoms with van der Waals surface area (Å²) in [6.07, 6.45) is 0.643. The van der Waals surface area contributed by atoms with E-state index in [1.807, 2.05) is 86.0 Å². The van der Waals surface area contributed by atoms with Gasteiger partial charge in [-0.3, -0.25) is 9.59 Å². The Kier molecular flexibility index (Phi) is 8.40. The first-order valence-corrected chi connectivity index (χ1v) is 13.3. The number of carbonyl (C=O) groups excluding carboxylic acids is 2. The van der Waals surface area contributed by atoms with E-state index in [0.717, 1.165) is 27.5 Å². The van der Waals surface area contributed by atoms with Crippen LogP contribution in [0.1, 0.15) is 29.3 Å². The first kappa shape index (κ1) is 25.5. The van der Waals surface area contributed by atoms with Gasteiger partial charge in [-0.2, -0.15) is 0 Å². The number of rotatable bonds is 9. The molecule has 4 rings (SSSR count). The Hall–Kier alpha value is -3.62. The molecule has 2 N–H and O–H groups in total. The van der Waals surface area contributed by atoms with Gasteiger partial charge in [0.1, 0.15) is 5.75 Å². The van der Waals surface area contributed by atoms with Gasteiger partial charge in [0, 0.05) is 27.1 Å². The van der Waals surface area contributed by atoms with Gasteiger partial charge >= 0.3 is 0 Å². The Morgan fingerprint density at radius 1 is 1.03 bits per heavy atom. The highest BCUT2D eigenvalue weighted by atomic mass is 32.2. The third-order valence-electron chi connectivity index (χ3n) is 5.41. The van der Waals surface area contributed by atoms with Crippen molar-refractivity contribution in [2.45, 2.75) is 30.4 Å². The first-order chi connectivity index (χ1) is 17.4. The molecule has 3 aromatic carbocycles. The van der Waals surface area contributed by atoms with E-state index in [1.165, 1.54) is 23.1 Å². The minimum absolute atomic E-state index is 0.108. The molecule has 2 amide bonds. The largest absolute Gasteiger partial charge is 0.497 e. The van der Waals surface area contributed by atoms with Crippen molar-refractivity contribution in [1.29, 1.82) is 0 Å². The molecule has 1 atom stereocenters.